The molecule has 9 heteroatoms. The molecule has 7 nitrogen and oxygen atoms in total. The monoisotopic (exact) mass is 325 g/mol. The third-order valence-corrected chi connectivity index (χ3v) is 4.72. The number of hydrogen-bond acceptors (Lipinski definition) is 4. The zero-order valence-corrected chi connectivity index (χ0v) is 12.6. The van der Waals surface area contributed by atoms with Crippen molar-refractivity contribution in [3.05, 3.63) is 47.5 Å². The van der Waals surface area contributed by atoms with Gasteiger partial charge in [-0.05, 0) is 12.1 Å². The van der Waals surface area contributed by atoms with Crippen molar-refractivity contribution < 1.29 is 8.42 Å². The first-order valence-corrected chi connectivity index (χ1v) is 7.93. The van der Waals surface area contributed by atoms with E-state index < -0.39 is 10.0 Å². The van der Waals surface area contributed by atoms with E-state index in [4.69, 9.17) is 11.6 Å². The third kappa shape index (κ3) is 2.65. The van der Waals surface area contributed by atoms with Crippen molar-refractivity contribution >= 4 is 27.3 Å². The van der Waals surface area contributed by atoms with Crippen LogP contribution in [0.1, 0.15) is 5.56 Å². The molecule has 0 radical (unpaired) electrons. The average Bonchev–Trinajstić information content (AvgIpc) is 2.99. The van der Waals surface area contributed by atoms with Crippen LogP contribution in [0.25, 0.3) is 5.65 Å². The summed E-state index contributed by atoms with van der Waals surface area (Å²) in [5.41, 5.74) is 1.23. The highest BCUT2D eigenvalue weighted by Gasteiger charge is 2.24. The van der Waals surface area contributed by atoms with Crippen LogP contribution in [-0.2, 0) is 23.6 Å². The molecule has 3 aromatic heterocycles. The van der Waals surface area contributed by atoms with Gasteiger partial charge in [-0.2, -0.15) is 5.10 Å². The van der Waals surface area contributed by atoms with Crippen molar-refractivity contribution in [2.45, 2.75) is 11.6 Å². The average molecular weight is 326 g/mol. The van der Waals surface area contributed by atoms with Gasteiger partial charge in [0.15, 0.2) is 10.2 Å². The number of hydrogen-bond donors (Lipinski definition) is 1. The second-order valence-electron chi connectivity index (χ2n) is 4.48. The molecule has 0 unspecified atom stereocenters. The number of sulfonamides is 1. The molecule has 0 aromatic carbocycles. The summed E-state index contributed by atoms with van der Waals surface area (Å²) in [7, 11) is -2.02. The molecule has 0 spiro atoms. The third-order valence-electron chi connectivity index (χ3n) is 2.93. The molecule has 0 aliphatic rings. The largest absolute Gasteiger partial charge is 0.288 e. The lowest BCUT2D eigenvalue weighted by Gasteiger charge is -2.05. The Balaban J connectivity index is 1.95. The maximum Gasteiger partial charge on any atom is 0.260 e. The van der Waals surface area contributed by atoms with Crippen LogP contribution in [0.15, 0.2) is 41.8 Å². The number of nitrogens with one attached hydrogen (secondary N) is 1. The van der Waals surface area contributed by atoms with Gasteiger partial charge in [0.1, 0.15) is 5.65 Å². The molecule has 0 saturated carbocycles. The van der Waals surface area contributed by atoms with E-state index in [0.717, 1.165) is 5.56 Å². The van der Waals surface area contributed by atoms with Crippen LogP contribution in [-0.4, -0.2) is 27.6 Å². The smallest absolute Gasteiger partial charge is 0.260 e. The lowest BCUT2D eigenvalue weighted by atomic mass is 10.4. The van der Waals surface area contributed by atoms with Gasteiger partial charge in [-0.25, -0.2) is 18.1 Å². The molecule has 3 rings (SSSR count). The summed E-state index contributed by atoms with van der Waals surface area (Å²) in [6, 6.07) is 5.16. The molecule has 3 aromatic rings. The van der Waals surface area contributed by atoms with E-state index in [9.17, 15) is 8.42 Å². The molecule has 0 aliphatic carbocycles. The van der Waals surface area contributed by atoms with E-state index in [0.29, 0.717) is 5.65 Å². The van der Waals surface area contributed by atoms with Gasteiger partial charge in [-0.15, -0.1) is 0 Å². The molecule has 3 heterocycles. The summed E-state index contributed by atoms with van der Waals surface area (Å²) in [4.78, 5) is 4.03. The number of rotatable bonds is 4. The zero-order chi connectivity index (χ0) is 15.0. The molecule has 1 N–H and O–H groups in total. The Labute approximate surface area is 126 Å². The first-order chi connectivity index (χ1) is 9.97. The molecule has 0 aliphatic heterocycles. The predicted octanol–water partition coefficient (Wildman–Crippen LogP) is 1.20. The predicted molar refractivity (Wildman–Crippen MR) is 77.4 cm³/mol. The summed E-state index contributed by atoms with van der Waals surface area (Å²) in [5.74, 6) is 0. The Morgan fingerprint density at radius 3 is 2.90 bits per heavy atom. The number of imidazole rings is 1. The molecule has 0 saturated heterocycles. The SMILES string of the molecule is Cn1cc(CNS(=O)(=O)c2c(Cl)nc3ccccn23)cn1. The van der Waals surface area contributed by atoms with Crippen LogP contribution in [0.3, 0.4) is 0 Å². The number of pyridine rings is 1. The van der Waals surface area contributed by atoms with Gasteiger partial charge < -0.3 is 0 Å². The second-order valence-corrected chi connectivity index (χ2v) is 6.52. The van der Waals surface area contributed by atoms with E-state index >= 15 is 0 Å². The molecule has 110 valence electrons. The van der Waals surface area contributed by atoms with Crippen molar-refractivity contribution in [2.24, 2.45) is 7.05 Å². The van der Waals surface area contributed by atoms with Crippen LogP contribution in [0, 0.1) is 0 Å². The van der Waals surface area contributed by atoms with E-state index in [1.54, 1.807) is 48.5 Å². The standard InChI is InChI=1S/C12H12ClN5O2S/c1-17-8-9(6-14-17)7-15-21(19,20)12-11(13)16-10-4-2-3-5-18(10)12/h2-6,8,15H,7H2,1H3. The van der Waals surface area contributed by atoms with Gasteiger partial charge in [0, 0.05) is 31.5 Å². The number of aromatic nitrogens is 4. The van der Waals surface area contributed by atoms with Crippen molar-refractivity contribution in [1.82, 2.24) is 23.9 Å². The van der Waals surface area contributed by atoms with Crippen LogP contribution in [0.5, 0.6) is 0 Å². The van der Waals surface area contributed by atoms with E-state index in [2.05, 4.69) is 14.8 Å². The van der Waals surface area contributed by atoms with Gasteiger partial charge in [0.05, 0.1) is 6.20 Å². The van der Waals surface area contributed by atoms with Crippen LogP contribution >= 0.6 is 11.6 Å². The van der Waals surface area contributed by atoms with Crippen LogP contribution < -0.4 is 4.72 Å². The maximum atomic E-state index is 12.4. The lowest BCUT2D eigenvalue weighted by molar-refractivity contribution is 0.576. The summed E-state index contributed by atoms with van der Waals surface area (Å²) in [6.45, 7) is 0.132. The fourth-order valence-corrected chi connectivity index (χ4v) is 3.65. The zero-order valence-electron chi connectivity index (χ0n) is 11.1. The topological polar surface area (TPSA) is 81.3 Å². The second kappa shape index (κ2) is 5.14. The highest BCUT2D eigenvalue weighted by molar-refractivity contribution is 7.89. The van der Waals surface area contributed by atoms with Crippen LogP contribution in [0.4, 0.5) is 0 Å². The Morgan fingerprint density at radius 2 is 2.19 bits per heavy atom. The van der Waals surface area contributed by atoms with Gasteiger partial charge >= 0.3 is 0 Å². The van der Waals surface area contributed by atoms with Crippen LogP contribution in [0.2, 0.25) is 5.15 Å². The number of aryl methyl sites for hydroxylation is 1. The highest BCUT2D eigenvalue weighted by Crippen LogP contribution is 2.22. The van der Waals surface area contributed by atoms with Crippen molar-refractivity contribution in [3.8, 4) is 0 Å². The number of nitrogens with zero attached hydrogens (tertiary/aromatic N) is 4. The quantitative estimate of drug-likeness (QED) is 0.781. The molecule has 0 amide bonds. The summed E-state index contributed by atoms with van der Waals surface area (Å²) in [6.07, 6.45) is 4.93. The normalized spacial score (nSPS) is 12.1. The Hall–Kier alpha value is -1.90. The van der Waals surface area contributed by atoms with Gasteiger partial charge in [0.25, 0.3) is 10.0 Å². The number of halogens is 1. The van der Waals surface area contributed by atoms with Crippen molar-refractivity contribution in [3.63, 3.8) is 0 Å². The fraction of sp³-hybridized carbons (Fsp3) is 0.167. The molecule has 21 heavy (non-hydrogen) atoms. The minimum Gasteiger partial charge on any atom is -0.288 e. The van der Waals surface area contributed by atoms with Gasteiger partial charge in [0.2, 0.25) is 0 Å². The summed E-state index contributed by atoms with van der Waals surface area (Å²) < 4.78 is 30.4. The molecular formula is C12H12ClN5O2S. The van der Waals surface area contributed by atoms with Gasteiger partial charge in [-0.3, -0.25) is 9.08 Å². The molecule has 0 bridgehead atoms. The molecule has 0 atom stereocenters. The number of fused-ring (bicyclic) bond motifs is 1. The summed E-state index contributed by atoms with van der Waals surface area (Å²) >= 11 is 5.97. The Morgan fingerprint density at radius 1 is 1.38 bits per heavy atom. The first kappa shape index (κ1) is 14.1. The Bertz CT molecular complexity index is 899. The minimum absolute atomic E-state index is 0.0557. The minimum atomic E-state index is -3.78. The van der Waals surface area contributed by atoms with E-state index in [-0.39, 0.29) is 16.7 Å². The van der Waals surface area contributed by atoms with Crippen molar-refractivity contribution in [2.75, 3.05) is 0 Å². The highest BCUT2D eigenvalue weighted by atomic mass is 35.5. The molecule has 0 fully saturated rings. The lowest BCUT2D eigenvalue weighted by Crippen LogP contribution is -2.24. The van der Waals surface area contributed by atoms with Gasteiger partial charge in [-0.1, -0.05) is 17.7 Å². The maximum absolute atomic E-state index is 12.4. The summed E-state index contributed by atoms with van der Waals surface area (Å²) in [5, 5.41) is 3.86. The van der Waals surface area contributed by atoms with Crippen molar-refractivity contribution in [1.29, 1.82) is 0 Å². The fourth-order valence-electron chi connectivity index (χ4n) is 1.99. The first-order valence-electron chi connectivity index (χ1n) is 6.07. The van der Waals surface area contributed by atoms with E-state index in [1.165, 1.54) is 4.40 Å². The molecular weight excluding hydrogens is 314 g/mol. The van der Waals surface area contributed by atoms with E-state index in [1.807, 2.05) is 0 Å². The Kier molecular flexibility index (Phi) is 3.44.